The van der Waals surface area contributed by atoms with E-state index in [9.17, 15) is 8.78 Å². The number of rotatable bonds is 5. The Labute approximate surface area is 115 Å². The molecule has 1 atom stereocenters. The number of benzene rings is 1. The van der Waals surface area contributed by atoms with Gasteiger partial charge in [-0.05, 0) is 38.1 Å². The maximum Gasteiger partial charge on any atom is 0.133 e. The van der Waals surface area contributed by atoms with Crippen molar-refractivity contribution in [3.63, 3.8) is 0 Å². The second-order valence-corrected chi connectivity index (χ2v) is 5.24. The first-order valence-corrected chi connectivity index (χ1v) is 7.14. The Balaban J connectivity index is 2.23. The molecule has 0 fully saturated rings. The molecule has 0 bridgehead atoms. The highest BCUT2D eigenvalue weighted by molar-refractivity contribution is 7.13. The maximum absolute atomic E-state index is 13.7. The van der Waals surface area contributed by atoms with Gasteiger partial charge in [0, 0.05) is 17.0 Å². The first-order valence-electron chi connectivity index (χ1n) is 6.26. The number of nitrogens with zero attached hydrogens (tertiary/aromatic N) is 1. The van der Waals surface area contributed by atoms with E-state index in [0.29, 0.717) is 5.01 Å². The van der Waals surface area contributed by atoms with E-state index in [1.807, 2.05) is 12.3 Å². The van der Waals surface area contributed by atoms with Crippen LogP contribution >= 0.6 is 11.3 Å². The zero-order valence-electron chi connectivity index (χ0n) is 10.9. The van der Waals surface area contributed by atoms with Crippen LogP contribution < -0.4 is 5.32 Å². The minimum atomic E-state index is -0.453. The van der Waals surface area contributed by atoms with E-state index in [2.05, 4.69) is 17.2 Å². The summed E-state index contributed by atoms with van der Waals surface area (Å²) in [6.45, 7) is 5.01. The van der Waals surface area contributed by atoms with Crippen LogP contribution in [0.4, 0.5) is 8.78 Å². The molecule has 1 aromatic heterocycles. The summed E-state index contributed by atoms with van der Waals surface area (Å²) < 4.78 is 26.8. The molecule has 2 aromatic rings. The Morgan fingerprint density at radius 1 is 1.37 bits per heavy atom. The molecule has 0 saturated carbocycles. The SMILES string of the molecule is CCCNC(C)c1csc(-c2cc(F)ccc2F)n1. The first kappa shape index (κ1) is 14.1. The van der Waals surface area contributed by atoms with Gasteiger partial charge in [0.2, 0.25) is 0 Å². The van der Waals surface area contributed by atoms with Crippen molar-refractivity contribution in [3.05, 3.63) is 40.9 Å². The van der Waals surface area contributed by atoms with Gasteiger partial charge in [-0.2, -0.15) is 0 Å². The van der Waals surface area contributed by atoms with Crippen molar-refractivity contribution in [2.45, 2.75) is 26.3 Å². The van der Waals surface area contributed by atoms with Crippen molar-refractivity contribution in [3.8, 4) is 10.6 Å². The van der Waals surface area contributed by atoms with Crippen LogP contribution in [0.25, 0.3) is 10.6 Å². The third-order valence-corrected chi connectivity index (χ3v) is 3.72. The lowest BCUT2D eigenvalue weighted by molar-refractivity contribution is 0.561. The fraction of sp³-hybridized carbons (Fsp3) is 0.357. The van der Waals surface area contributed by atoms with Gasteiger partial charge in [-0.1, -0.05) is 6.92 Å². The largest absolute Gasteiger partial charge is 0.309 e. The van der Waals surface area contributed by atoms with E-state index in [1.54, 1.807) is 0 Å². The van der Waals surface area contributed by atoms with Crippen molar-refractivity contribution >= 4 is 11.3 Å². The quantitative estimate of drug-likeness (QED) is 0.891. The average molecular weight is 282 g/mol. The van der Waals surface area contributed by atoms with E-state index in [1.165, 1.54) is 17.4 Å². The third-order valence-electron chi connectivity index (χ3n) is 2.82. The molecule has 0 radical (unpaired) electrons. The molecule has 102 valence electrons. The molecule has 0 aliphatic heterocycles. The van der Waals surface area contributed by atoms with Gasteiger partial charge in [0.15, 0.2) is 0 Å². The molecule has 1 heterocycles. The van der Waals surface area contributed by atoms with Crippen LogP contribution in [0.15, 0.2) is 23.6 Å². The summed E-state index contributed by atoms with van der Waals surface area (Å²) in [6.07, 6.45) is 1.04. The van der Waals surface area contributed by atoms with Crippen LogP contribution in [0.3, 0.4) is 0 Å². The van der Waals surface area contributed by atoms with Crippen LogP contribution in [0.5, 0.6) is 0 Å². The Bertz CT molecular complexity index is 554. The molecule has 2 rings (SSSR count). The molecular weight excluding hydrogens is 266 g/mol. The van der Waals surface area contributed by atoms with E-state index in [4.69, 9.17) is 0 Å². The van der Waals surface area contributed by atoms with Crippen molar-refractivity contribution in [2.24, 2.45) is 0 Å². The Morgan fingerprint density at radius 3 is 2.89 bits per heavy atom. The van der Waals surface area contributed by atoms with Crippen LogP contribution in [-0.2, 0) is 0 Å². The fourth-order valence-corrected chi connectivity index (χ4v) is 2.67. The van der Waals surface area contributed by atoms with Gasteiger partial charge in [-0.25, -0.2) is 13.8 Å². The number of aromatic nitrogens is 1. The van der Waals surface area contributed by atoms with Gasteiger partial charge < -0.3 is 5.32 Å². The summed E-state index contributed by atoms with van der Waals surface area (Å²) in [7, 11) is 0. The zero-order chi connectivity index (χ0) is 13.8. The summed E-state index contributed by atoms with van der Waals surface area (Å²) in [6, 6.07) is 3.53. The molecule has 2 nitrogen and oxygen atoms in total. The summed E-state index contributed by atoms with van der Waals surface area (Å²) in [4.78, 5) is 4.38. The van der Waals surface area contributed by atoms with E-state index < -0.39 is 11.6 Å². The molecule has 0 amide bonds. The Kier molecular flexibility index (Phi) is 4.61. The number of thiazole rings is 1. The molecule has 19 heavy (non-hydrogen) atoms. The lowest BCUT2D eigenvalue weighted by Crippen LogP contribution is -2.19. The highest BCUT2D eigenvalue weighted by Gasteiger charge is 2.13. The number of halogens is 2. The van der Waals surface area contributed by atoms with Crippen LogP contribution in [0, 0.1) is 11.6 Å². The Hall–Kier alpha value is -1.33. The van der Waals surface area contributed by atoms with Gasteiger partial charge in [0.1, 0.15) is 16.6 Å². The number of hydrogen-bond donors (Lipinski definition) is 1. The predicted octanol–water partition coefficient (Wildman–Crippen LogP) is 4.15. The Morgan fingerprint density at radius 2 is 2.16 bits per heavy atom. The highest BCUT2D eigenvalue weighted by atomic mass is 32.1. The third kappa shape index (κ3) is 3.36. The second-order valence-electron chi connectivity index (χ2n) is 4.38. The van der Waals surface area contributed by atoms with Crippen molar-refractivity contribution in [1.29, 1.82) is 0 Å². The van der Waals surface area contributed by atoms with Crippen molar-refractivity contribution in [1.82, 2.24) is 10.3 Å². The topological polar surface area (TPSA) is 24.9 Å². The zero-order valence-corrected chi connectivity index (χ0v) is 11.7. The smallest absolute Gasteiger partial charge is 0.133 e. The van der Waals surface area contributed by atoms with Crippen LogP contribution in [-0.4, -0.2) is 11.5 Å². The minimum Gasteiger partial charge on any atom is -0.309 e. The lowest BCUT2D eigenvalue weighted by atomic mass is 10.2. The molecule has 5 heteroatoms. The summed E-state index contributed by atoms with van der Waals surface area (Å²) >= 11 is 1.33. The fourth-order valence-electron chi connectivity index (χ4n) is 1.74. The van der Waals surface area contributed by atoms with Gasteiger partial charge >= 0.3 is 0 Å². The number of nitrogens with one attached hydrogen (secondary N) is 1. The molecule has 0 saturated heterocycles. The van der Waals surface area contributed by atoms with Gasteiger partial charge in [-0.3, -0.25) is 0 Å². The van der Waals surface area contributed by atoms with Gasteiger partial charge in [-0.15, -0.1) is 11.3 Å². The van der Waals surface area contributed by atoms with E-state index in [0.717, 1.165) is 30.8 Å². The van der Waals surface area contributed by atoms with E-state index >= 15 is 0 Å². The molecule has 0 aliphatic rings. The first-order chi connectivity index (χ1) is 9.11. The van der Waals surface area contributed by atoms with Crippen LogP contribution in [0.2, 0.25) is 0 Å². The van der Waals surface area contributed by atoms with Crippen LogP contribution in [0.1, 0.15) is 32.0 Å². The summed E-state index contributed by atoms with van der Waals surface area (Å²) in [5.41, 5.74) is 1.08. The standard InChI is InChI=1S/C14H16F2N2S/c1-3-6-17-9(2)13-8-19-14(18-13)11-7-10(15)4-5-12(11)16/h4-5,7-9,17H,3,6H2,1-2H3. The molecular formula is C14H16F2N2S. The van der Waals surface area contributed by atoms with E-state index in [-0.39, 0.29) is 11.6 Å². The van der Waals surface area contributed by atoms with Crippen molar-refractivity contribution < 1.29 is 8.78 Å². The second kappa shape index (κ2) is 6.21. The molecule has 0 aliphatic carbocycles. The monoisotopic (exact) mass is 282 g/mol. The summed E-state index contributed by atoms with van der Waals surface area (Å²) in [5.74, 6) is -0.901. The molecule has 1 unspecified atom stereocenters. The molecule has 1 N–H and O–H groups in total. The highest BCUT2D eigenvalue weighted by Crippen LogP contribution is 2.28. The molecule has 0 spiro atoms. The average Bonchev–Trinajstić information content (AvgIpc) is 2.88. The van der Waals surface area contributed by atoms with Gasteiger partial charge in [0.25, 0.3) is 0 Å². The molecule has 1 aromatic carbocycles. The normalized spacial score (nSPS) is 12.6. The summed E-state index contributed by atoms with van der Waals surface area (Å²) in [5, 5.41) is 5.71. The number of hydrogen-bond acceptors (Lipinski definition) is 3. The van der Waals surface area contributed by atoms with Crippen molar-refractivity contribution in [2.75, 3.05) is 6.54 Å². The lowest BCUT2D eigenvalue weighted by Gasteiger charge is -2.09. The predicted molar refractivity (Wildman–Crippen MR) is 74.2 cm³/mol. The maximum atomic E-state index is 13.7. The van der Waals surface area contributed by atoms with Gasteiger partial charge in [0.05, 0.1) is 5.69 Å². The minimum absolute atomic E-state index is 0.113.